The summed E-state index contributed by atoms with van der Waals surface area (Å²) < 4.78 is 7.19. The fourth-order valence-electron chi connectivity index (χ4n) is 2.86. The van der Waals surface area contributed by atoms with Crippen molar-refractivity contribution in [2.75, 3.05) is 12.9 Å². The average Bonchev–Trinajstić information content (AvgIpc) is 3.09. The van der Waals surface area contributed by atoms with Crippen LogP contribution in [0.2, 0.25) is 5.02 Å². The highest BCUT2D eigenvalue weighted by molar-refractivity contribution is 7.99. The van der Waals surface area contributed by atoms with Crippen LogP contribution in [0.5, 0.6) is 5.75 Å². The van der Waals surface area contributed by atoms with E-state index in [2.05, 4.69) is 43.1 Å². The number of nitrogens with zero attached hydrogens (tertiary/aromatic N) is 3. The fourth-order valence-corrected chi connectivity index (χ4v) is 3.87. The number of Topliss-reactive ketones (excluding diaryl/α,β-unsaturated/α-hetero) is 1. The molecule has 0 aliphatic rings. The number of carbonyl (C=O) groups excluding carboxylic acids is 1. The van der Waals surface area contributed by atoms with Gasteiger partial charge in [0.1, 0.15) is 11.5 Å². The Morgan fingerprint density at radius 1 is 1.14 bits per heavy atom. The minimum atomic E-state index is 0.0677. The second-order valence-corrected chi connectivity index (χ2v) is 9.13. The second kappa shape index (κ2) is 8.59. The summed E-state index contributed by atoms with van der Waals surface area (Å²) in [4.78, 5) is 11.5. The van der Waals surface area contributed by atoms with E-state index in [0.29, 0.717) is 27.5 Å². The van der Waals surface area contributed by atoms with E-state index in [4.69, 9.17) is 16.3 Å². The largest absolute Gasteiger partial charge is 0.495 e. The molecule has 0 atom stereocenters. The maximum Gasteiger partial charge on any atom is 0.196 e. The normalized spacial score (nSPS) is 11.5. The van der Waals surface area contributed by atoms with Crippen LogP contribution in [-0.4, -0.2) is 33.4 Å². The van der Waals surface area contributed by atoms with Crippen LogP contribution in [0.1, 0.15) is 33.3 Å². The Hall–Kier alpha value is -2.31. The molecule has 0 aliphatic carbocycles. The zero-order chi connectivity index (χ0) is 21.2. The molecule has 0 saturated carbocycles. The molecule has 3 rings (SSSR count). The molecule has 2 aromatic carbocycles. The molecule has 1 aromatic heterocycles. The Kier molecular flexibility index (Phi) is 6.34. The molecular weight excluding hydrogens is 406 g/mol. The van der Waals surface area contributed by atoms with Crippen LogP contribution in [0.15, 0.2) is 47.6 Å². The lowest BCUT2D eigenvalue weighted by Gasteiger charge is -2.19. The van der Waals surface area contributed by atoms with Gasteiger partial charge in [0.05, 0.1) is 23.6 Å². The van der Waals surface area contributed by atoms with Gasteiger partial charge in [0.2, 0.25) is 0 Å². The molecule has 0 spiro atoms. The zero-order valence-corrected chi connectivity index (χ0v) is 18.8. The number of hydrogen-bond acceptors (Lipinski definition) is 5. The lowest BCUT2D eigenvalue weighted by Crippen LogP contribution is -2.10. The van der Waals surface area contributed by atoms with Crippen molar-refractivity contribution in [2.45, 2.75) is 38.3 Å². The summed E-state index contributed by atoms with van der Waals surface area (Å²) in [5.41, 5.74) is 3.05. The third-order valence-electron chi connectivity index (χ3n) is 4.44. The molecule has 0 radical (unpaired) electrons. The molecule has 0 N–H and O–H groups in total. The smallest absolute Gasteiger partial charge is 0.196 e. The monoisotopic (exact) mass is 429 g/mol. The molecule has 0 fully saturated rings. The molecule has 0 bridgehead atoms. The van der Waals surface area contributed by atoms with Crippen molar-refractivity contribution >= 4 is 29.1 Å². The molecule has 1 heterocycles. The first-order valence-corrected chi connectivity index (χ1v) is 10.6. The van der Waals surface area contributed by atoms with Gasteiger partial charge < -0.3 is 4.74 Å². The van der Waals surface area contributed by atoms with Gasteiger partial charge >= 0.3 is 0 Å². The van der Waals surface area contributed by atoms with E-state index in [9.17, 15) is 4.79 Å². The number of methoxy groups -OCH3 is 1. The lowest BCUT2D eigenvalue weighted by atomic mass is 9.87. The van der Waals surface area contributed by atoms with Crippen LogP contribution in [0.3, 0.4) is 0 Å². The summed E-state index contributed by atoms with van der Waals surface area (Å²) in [5.74, 6) is 1.69. The van der Waals surface area contributed by atoms with Crippen molar-refractivity contribution < 1.29 is 9.53 Å². The van der Waals surface area contributed by atoms with E-state index >= 15 is 0 Å². The number of aromatic nitrogens is 3. The average molecular weight is 430 g/mol. The van der Waals surface area contributed by atoms with Gasteiger partial charge in [0, 0.05) is 5.56 Å². The molecule has 0 aliphatic heterocycles. The molecule has 7 heteroatoms. The Bertz CT molecular complexity index is 1020. The van der Waals surface area contributed by atoms with Crippen LogP contribution in [0.4, 0.5) is 0 Å². The molecule has 0 amide bonds. The molecule has 0 unspecified atom stereocenters. The summed E-state index contributed by atoms with van der Waals surface area (Å²) in [5, 5.41) is 9.88. The predicted molar refractivity (Wildman–Crippen MR) is 118 cm³/mol. The number of thioether (sulfide) groups is 1. The summed E-state index contributed by atoms with van der Waals surface area (Å²) in [6.07, 6.45) is 0. The third kappa shape index (κ3) is 4.82. The van der Waals surface area contributed by atoms with Crippen molar-refractivity contribution in [3.63, 3.8) is 0 Å². The van der Waals surface area contributed by atoms with Crippen molar-refractivity contribution in [3.05, 3.63) is 53.1 Å². The van der Waals surface area contributed by atoms with Crippen LogP contribution in [0.25, 0.3) is 17.1 Å². The maximum absolute atomic E-state index is 11.5. The highest BCUT2D eigenvalue weighted by atomic mass is 35.5. The SMILES string of the molecule is COc1ccc(-n2c(SCC(C)=O)nnc2-c2ccc(C(C)(C)C)cc2)cc1Cl. The second-order valence-electron chi connectivity index (χ2n) is 7.78. The van der Waals surface area contributed by atoms with Gasteiger partial charge in [0.25, 0.3) is 0 Å². The minimum Gasteiger partial charge on any atom is -0.495 e. The summed E-state index contributed by atoms with van der Waals surface area (Å²) in [7, 11) is 1.58. The predicted octanol–water partition coefficient (Wildman–Crippen LogP) is 5.57. The summed E-state index contributed by atoms with van der Waals surface area (Å²) in [6, 6.07) is 13.8. The zero-order valence-electron chi connectivity index (χ0n) is 17.2. The van der Waals surface area contributed by atoms with E-state index in [1.807, 2.05) is 34.9 Å². The van der Waals surface area contributed by atoms with Crippen LogP contribution >= 0.6 is 23.4 Å². The van der Waals surface area contributed by atoms with Gasteiger partial charge in [-0.3, -0.25) is 9.36 Å². The molecule has 3 aromatic rings. The Balaban J connectivity index is 2.10. The number of carbonyl (C=O) groups is 1. The standard InChI is InChI=1S/C22H24ClN3O2S/c1-14(27)13-29-21-25-24-20(15-6-8-16(9-7-15)22(2,3)4)26(21)17-10-11-19(28-5)18(23)12-17/h6-12H,13H2,1-5H3. The van der Waals surface area contributed by atoms with Gasteiger partial charge in [0.15, 0.2) is 11.0 Å². The van der Waals surface area contributed by atoms with Gasteiger partial charge in [-0.25, -0.2) is 0 Å². The number of ketones is 1. The van der Waals surface area contributed by atoms with E-state index < -0.39 is 0 Å². The van der Waals surface area contributed by atoms with Crippen molar-refractivity contribution in [3.8, 4) is 22.8 Å². The Morgan fingerprint density at radius 2 is 1.83 bits per heavy atom. The quantitative estimate of drug-likeness (QED) is 0.479. The molecule has 5 nitrogen and oxygen atoms in total. The van der Waals surface area contributed by atoms with Gasteiger partial charge in [-0.2, -0.15) is 0 Å². The van der Waals surface area contributed by atoms with E-state index in [1.54, 1.807) is 14.0 Å². The number of benzene rings is 2. The van der Waals surface area contributed by atoms with Crippen LogP contribution < -0.4 is 4.74 Å². The first kappa shape index (κ1) is 21.4. The van der Waals surface area contributed by atoms with E-state index in [1.165, 1.54) is 17.3 Å². The molecule has 0 saturated heterocycles. The van der Waals surface area contributed by atoms with Crippen LogP contribution in [0, 0.1) is 0 Å². The molecular formula is C22H24ClN3O2S. The molecule has 29 heavy (non-hydrogen) atoms. The third-order valence-corrected chi connectivity index (χ3v) is 5.81. The van der Waals surface area contributed by atoms with Gasteiger partial charge in [-0.1, -0.05) is 68.4 Å². The topological polar surface area (TPSA) is 57.0 Å². The van der Waals surface area contributed by atoms with Gasteiger partial charge in [-0.15, -0.1) is 10.2 Å². The van der Waals surface area contributed by atoms with E-state index in [0.717, 1.165) is 11.3 Å². The van der Waals surface area contributed by atoms with E-state index in [-0.39, 0.29) is 11.2 Å². The Morgan fingerprint density at radius 3 is 2.38 bits per heavy atom. The molecule has 152 valence electrons. The minimum absolute atomic E-state index is 0.0677. The number of rotatable bonds is 6. The highest BCUT2D eigenvalue weighted by Crippen LogP contribution is 2.33. The first-order valence-electron chi connectivity index (χ1n) is 9.23. The summed E-state index contributed by atoms with van der Waals surface area (Å²) >= 11 is 7.71. The maximum atomic E-state index is 11.5. The van der Waals surface area contributed by atoms with Crippen molar-refractivity contribution in [2.24, 2.45) is 0 Å². The Labute approximate surface area is 180 Å². The lowest BCUT2D eigenvalue weighted by molar-refractivity contribution is -0.114. The highest BCUT2D eigenvalue weighted by Gasteiger charge is 2.19. The number of halogens is 1. The van der Waals surface area contributed by atoms with Gasteiger partial charge in [-0.05, 0) is 36.1 Å². The van der Waals surface area contributed by atoms with Crippen molar-refractivity contribution in [1.82, 2.24) is 14.8 Å². The first-order chi connectivity index (χ1) is 13.7. The van der Waals surface area contributed by atoms with Crippen molar-refractivity contribution in [1.29, 1.82) is 0 Å². The number of hydrogen-bond donors (Lipinski definition) is 0. The summed E-state index contributed by atoms with van der Waals surface area (Å²) in [6.45, 7) is 8.10. The number of ether oxygens (including phenoxy) is 1. The fraction of sp³-hybridized carbons (Fsp3) is 0.318. The van der Waals surface area contributed by atoms with Crippen LogP contribution in [-0.2, 0) is 10.2 Å².